The van der Waals surface area contributed by atoms with Crippen LogP contribution in [-0.2, 0) is 6.54 Å². The van der Waals surface area contributed by atoms with Gasteiger partial charge in [-0.2, -0.15) is 0 Å². The molecule has 4 heteroatoms. The van der Waals surface area contributed by atoms with Crippen molar-refractivity contribution in [2.45, 2.75) is 19.5 Å². The van der Waals surface area contributed by atoms with E-state index in [4.69, 9.17) is 11.6 Å². The van der Waals surface area contributed by atoms with Crippen molar-refractivity contribution in [3.63, 3.8) is 0 Å². The Morgan fingerprint density at radius 1 is 1.44 bits per heavy atom. The lowest BCUT2D eigenvalue weighted by atomic mass is 10.2. The van der Waals surface area contributed by atoms with Gasteiger partial charge in [0.25, 0.3) is 0 Å². The number of benzene rings is 1. The minimum atomic E-state index is 0.576. The third kappa shape index (κ3) is 2.41. The normalized spacial score (nSPS) is 21.6. The molecule has 0 amide bonds. The van der Waals surface area contributed by atoms with Crippen molar-refractivity contribution in [1.82, 2.24) is 10.2 Å². The molecule has 2 heterocycles. The molecule has 18 heavy (non-hydrogen) atoms. The molecule has 0 unspecified atom stereocenters. The quantitative estimate of drug-likeness (QED) is 0.908. The van der Waals surface area contributed by atoms with E-state index in [0.717, 1.165) is 31.2 Å². The Kier molecular flexibility index (Phi) is 3.57. The molecule has 3 rings (SSSR count). The van der Waals surface area contributed by atoms with Gasteiger partial charge in [-0.15, -0.1) is 11.3 Å². The highest BCUT2D eigenvalue weighted by molar-refractivity contribution is 7.19. The number of rotatable bonds is 2. The van der Waals surface area contributed by atoms with E-state index in [-0.39, 0.29) is 0 Å². The standard InChI is InChI=1S/C14H17ClN2S/c1-10-8-17(7-6-16-10)9-13-14(15)11-4-2-3-5-12(11)18-13/h2-5,10,16H,6-9H2,1H3/t10-/m1/s1. The lowest BCUT2D eigenvalue weighted by Crippen LogP contribution is -2.48. The first-order valence-electron chi connectivity index (χ1n) is 6.35. The molecule has 0 saturated carbocycles. The molecular formula is C14H17ClN2S. The van der Waals surface area contributed by atoms with Gasteiger partial charge < -0.3 is 5.32 Å². The summed E-state index contributed by atoms with van der Waals surface area (Å²) in [5.41, 5.74) is 0. The van der Waals surface area contributed by atoms with Crippen molar-refractivity contribution in [3.8, 4) is 0 Å². The second-order valence-corrected chi connectivity index (χ2v) is 6.44. The van der Waals surface area contributed by atoms with Gasteiger partial charge in [0.05, 0.1) is 5.02 Å². The summed E-state index contributed by atoms with van der Waals surface area (Å²) in [7, 11) is 0. The first-order chi connectivity index (χ1) is 8.74. The van der Waals surface area contributed by atoms with Crippen LogP contribution < -0.4 is 5.32 Å². The average Bonchev–Trinajstić information content (AvgIpc) is 2.67. The highest BCUT2D eigenvalue weighted by atomic mass is 35.5. The SMILES string of the molecule is C[C@@H]1CN(Cc2sc3ccccc3c2Cl)CCN1. The van der Waals surface area contributed by atoms with Gasteiger partial charge in [-0.3, -0.25) is 4.90 Å². The number of fused-ring (bicyclic) bond motifs is 1. The van der Waals surface area contributed by atoms with Gasteiger partial charge >= 0.3 is 0 Å². The molecular weight excluding hydrogens is 264 g/mol. The van der Waals surface area contributed by atoms with Crippen LogP contribution in [0.3, 0.4) is 0 Å². The molecule has 1 aliphatic rings. The maximum atomic E-state index is 6.48. The van der Waals surface area contributed by atoms with Crippen molar-refractivity contribution in [2.24, 2.45) is 0 Å². The van der Waals surface area contributed by atoms with Gasteiger partial charge in [0.1, 0.15) is 0 Å². The summed E-state index contributed by atoms with van der Waals surface area (Å²) >= 11 is 8.31. The highest BCUT2D eigenvalue weighted by Crippen LogP contribution is 2.35. The molecule has 2 nitrogen and oxygen atoms in total. The van der Waals surface area contributed by atoms with Gasteiger partial charge in [-0.05, 0) is 13.0 Å². The van der Waals surface area contributed by atoms with Crippen LogP contribution in [0.25, 0.3) is 10.1 Å². The van der Waals surface area contributed by atoms with Crippen LogP contribution in [0.15, 0.2) is 24.3 Å². The van der Waals surface area contributed by atoms with Crippen molar-refractivity contribution < 1.29 is 0 Å². The summed E-state index contributed by atoms with van der Waals surface area (Å²) in [5, 5.41) is 5.61. The lowest BCUT2D eigenvalue weighted by molar-refractivity contribution is 0.201. The van der Waals surface area contributed by atoms with E-state index in [1.165, 1.54) is 15.0 Å². The summed E-state index contributed by atoms with van der Waals surface area (Å²) in [6.45, 7) is 6.49. The minimum absolute atomic E-state index is 0.576. The predicted molar refractivity (Wildman–Crippen MR) is 79.6 cm³/mol. The van der Waals surface area contributed by atoms with E-state index >= 15 is 0 Å². The zero-order valence-electron chi connectivity index (χ0n) is 10.4. The average molecular weight is 281 g/mol. The zero-order chi connectivity index (χ0) is 12.5. The van der Waals surface area contributed by atoms with E-state index in [2.05, 4.69) is 41.4 Å². The number of nitrogens with zero attached hydrogens (tertiary/aromatic N) is 1. The number of hydrogen-bond donors (Lipinski definition) is 1. The van der Waals surface area contributed by atoms with Crippen LogP contribution in [0, 0.1) is 0 Å². The molecule has 1 aliphatic heterocycles. The third-order valence-electron chi connectivity index (χ3n) is 3.42. The Balaban J connectivity index is 1.84. The largest absolute Gasteiger partial charge is 0.312 e. The predicted octanol–water partition coefficient (Wildman–Crippen LogP) is 3.35. The van der Waals surface area contributed by atoms with Crippen LogP contribution in [0.1, 0.15) is 11.8 Å². The Bertz CT molecular complexity index is 552. The van der Waals surface area contributed by atoms with Crippen LogP contribution >= 0.6 is 22.9 Å². The van der Waals surface area contributed by atoms with Crippen LogP contribution in [0.2, 0.25) is 5.02 Å². The van der Waals surface area contributed by atoms with Gasteiger partial charge in [0.2, 0.25) is 0 Å². The van der Waals surface area contributed by atoms with Crippen molar-refractivity contribution in [3.05, 3.63) is 34.2 Å². The molecule has 96 valence electrons. The molecule has 1 saturated heterocycles. The molecule has 0 aliphatic carbocycles. The second kappa shape index (κ2) is 5.17. The van der Waals surface area contributed by atoms with Crippen LogP contribution in [-0.4, -0.2) is 30.6 Å². The molecule has 2 aromatic rings. The monoisotopic (exact) mass is 280 g/mol. The lowest BCUT2D eigenvalue weighted by Gasteiger charge is -2.31. The van der Waals surface area contributed by atoms with E-state index < -0.39 is 0 Å². The molecule has 1 N–H and O–H groups in total. The maximum Gasteiger partial charge on any atom is 0.0637 e. The number of hydrogen-bond acceptors (Lipinski definition) is 3. The number of piperazine rings is 1. The van der Waals surface area contributed by atoms with Crippen molar-refractivity contribution in [2.75, 3.05) is 19.6 Å². The Morgan fingerprint density at radius 2 is 2.28 bits per heavy atom. The fourth-order valence-electron chi connectivity index (χ4n) is 2.53. The van der Waals surface area contributed by atoms with E-state index in [0.29, 0.717) is 6.04 Å². The zero-order valence-corrected chi connectivity index (χ0v) is 12.0. The minimum Gasteiger partial charge on any atom is -0.312 e. The van der Waals surface area contributed by atoms with Gasteiger partial charge in [0, 0.05) is 47.2 Å². The summed E-state index contributed by atoms with van der Waals surface area (Å²) in [5.74, 6) is 0. The summed E-state index contributed by atoms with van der Waals surface area (Å²) in [6.07, 6.45) is 0. The molecule has 0 spiro atoms. The van der Waals surface area contributed by atoms with Crippen LogP contribution in [0.4, 0.5) is 0 Å². The third-order valence-corrected chi connectivity index (χ3v) is 5.12. The Hall–Kier alpha value is -0.610. The molecule has 1 atom stereocenters. The number of halogens is 1. The molecule has 1 fully saturated rings. The Morgan fingerprint density at radius 3 is 3.06 bits per heavy atom. The molecule has 1 aromatic heterocycles. The van der Waals surface area contributed by atoms with Crippen molar-refractivity contribution >= 4 is 33.0 Å². The maximum absolute atomic E-state index is 6.48. The molecule has 1 aromatic carbocycles. The van der Waals surface area contributed by atoms with Gasteiger partial charge in [-0.25, -0.2) is 0 Å². The summed E-state index contributed by atoms with van der Waals surface area (Å²) < 4.78 is 1.29. The first-order valence-corrected chi connectivity index (χ1v) is 7.55. The highest BCUT2D eigenvalue weighted by Gasteiger charge is 2.18. The fourth-order valence-corrected chi connectivity index (χ4v) is 4.06. The number of nitrogens with one attached hydrogen (secondary N) is 1. The fraction of sp³-hybridized carbons (Fsp3) is 0.429. The van der Waals surface area contributed by atoms with Gasteiger partial charge in [0.15, 0.2) is 0 Å². The first kappa shape index (κ1) is 12.4. The Labute approximate surface area is 117 Å². The van der Waals surface area contributed by atoms with E-state index in [1.807, 2.05) is 11.3 Å². The van der Waals surface area contributed by atoms with Crippen LogP contribution in [0.5, 0.6) is 0 Å². The van der Waals surface area contributed by atoms with Gasteiger partial charge in [-0.1, -0.05) is 29.8 Å². The second-order valence-electron chi connectivity index (χ2n) is 4.93. The van der Waals surface area contributed by atoms with E-state index in [1.54, 1.807) is 0 Å². The van der Waals surface area contributed by atoms with Crippen molar-refractivity contribution in [1.29, 1.82) is 0 Å². The topological polar surface area (TPSA) is 15.3 Å². The summed E-state index contributed by atoms with van der Waals surface area (Å²) in [4.78, 5) is 3.78. The molecule has 0 bridgehead atoms. The summed E-state index contributed by atoms with van der Waals surface area (Å²) in [6, 6.07) is 8.96. The smallest absolute Gasteiger partial charge is 0.0637 e. The number of thiophene rings is 1. The van der Waals surface area contributed by atoms with E-state index in [9.17, 15) is 0 Å². The molecule has 0 radical (unpaired) electrons.